The lowest BCUT2D eigenvalue weighted by atomic mass is 9.96. The second-order valence-corrected chi connectivity index (χ2v) is 5.31. The van der Waals surface area contributed by atoms with E-state index in [9.17, 15) is 0 Å². The fourth-order valence-electron chi connectivity index (χ4n) is 2.52. The van der Waals surface area contributed by atoms with Crippen molar-refractivity contribution in [3.05, 3.63) is 34.4 Å². The van der Waals surface area contributed by atoms with Crippen LogP contribution in [-0.2, 0) is 4.74 Å². The normalized spacial score (nSPS) is 18.5. The number of hydrogen-bond acceptors (Lipinski definition) is 4. The lowest BCUT2D eigenvalue weighted by Crippen LogP contribution is -2.48. The molecule has 1 aliphatic rings. The number of ether oxygens (including phenoxy) is 1. The number of hydrazine groups is 1. The minimum Gasteiger partial charge on any atom is -0.379 e. The van der Waals surface area contributed by atoms with Crippen LogP contribution in [0.4, 0.5) is 0 Å². The Bertz CT molecular complexity index is 428. The van der Waals surface area contributed by atoms with Crippen molar-refractivity contribution in [3.8, 4) is 0 Å². The first-order valence-electron chi connectivity index (χ1n) is 6.98. The molecule has 1 aliphatic heterocycles. The van der Waals surface area contributed by atoms with Gasteiger partial charge in [-0.1, -0.05) is 12.1 Å². The molecule has 0 spiro atoms. The molecule has 3 N–H and O–H groups in total. The molecular formula is C15H25N3O. The van der Waals surface area contributed by atoms with E-state index in [0.717, 1.165) is 26.3 Å². The Morgan fingerprint density at radius 2 is 1.79 bits per heavy atom. The number of aryl methyl sites for hydroxylation is 3. The minimum absolute atomic E-state index is 0.178. The molecule has 0 radical (unpaired) electrons. The topological polar surface area (TPSA) is 50.5 Å². The van der Waals surface area contributed by atoms with Crippen LogP contribution in [-0.4, -0.2) is 37.9 Å². The van der Waals surface area contributed by atoms with Gasteiger partial charge in [0.25, 0.3) is 0 Å². The molecule has 1 saturated heterocycles. The van der Waals surface area contributed by atoms with Gasteiger partial charge in [0.05, 0.1) is 19.3 Å². The first-order chi connectivity index (χ1) is 9.11. The van der Waals surface area contributed by atoms with E-state index in [-0.39, 0.29) is 6.04 Å². The summed E-state index contributed by atoms with van der Waals surface area (Å²) in [4.78, 5) is 0. The number of nitrogens with two attached hydrogens (primary N) is 1. The van der Waals surface area contributed by atoms with Crippen LogP contribution in [0.2, 0.25) is 0 Å². The van der Waals surface area contributed by atoms with Crippen LogP contribution in [0.3, 0.4) is 0 Å². The van der Waals surface area contributed by atoms with Crippen LogP contribution in [0.1, 0.15) is 28.3 Å². The van der Waals surface area contributed by atoms with Gasteiger partial charge in [0.2, 0.25) is 0 Å². The standard InChI is InChI=1S/C15H25N3O/c1-11-8-13(3)14(9-12(11)2)15(10-16)17-18-4-6-19-7-5-18/h8-9,15,17H,4-7,10,16H2,1-3H3. The molecule has 1 aromatic carbocycles. The van der Waals surface area contributed by atoms with Crippen molar-refractivity contribution in [1.82, 2.24) is 10.4 Å². The molecule has 2 rings (SSSR count). The summed E-state index contributed by atoms with van der Waals surface area (Å²) < 4.78 is 5.37. The molecule has 0 saturated carbocycles. The number of nitrogens with zero attached hydrogens (tertiary/aromatic N) is 1. The van der Waals surface area contributed by atoms with E-state index >= 15 is 0 Å². The predicted molar refractivity (Wildman–Crippen MR) is 78.0 cm³/mol. The highest BCUT2D eigenvalue weighted by atomic mass is 16.5. The summed E-state index contributed by atoms with van der Waals surface area (Å²) in [6.45, 7) is 10.5. The Kier molecular flexibility index (Phi) is 4.93. The van der Waals surface area contributed by atoms with Crippen molar-refractivity contribution >= 4 is 0 Å². The molecule has 1 fully saturated rings. The quantitative estimate of drug-likeness (QED) is 0.863. The lowest BCUT2D eigenvalue weighted by molar-refractivity contribution is 0.00400. The second-order valence-electron chi connectivity index (χ2n) is 5.31. The van der Waals surface area contributed by atoms with Gasteiger partial charge in [0, 0.05) is 19.6 Å². The molecule has 0 aromatic heterocycles. The smallest absolute Gasteiger partial charge is 0.0608 e. The van der Waals surface area contributed by atoms with Crippen molar-refractivity contribution in [2.45, 2.75) is 26.8 Å². The maximum Gasteiger partial charge on any atom is 0.0608 e. The van der Waals surface area contributed by atoms with E-state index in [4.69, 9.17) is 10.5 Å². The van der Waals surface area contributed by atoms with Gasteiger partial charge in [-0.05, 0) is 43.0 Å². The lowest BCUT2D eigenvalue weighted by Gasteiger charge is -2.32. The first-order valence-corrected chi connectivity index (χ1v) is 6.98. The van der Waals surface area contributed by atoms with Crippen LogP contribution < -0.4 is 11.2 Å². The van der Waals surface area contributed by atoms with Gasteiger partial charge in [0.1, 0.15) is 0 Å². The van der Waals surface area contributed by atoms with Gasteiger partial charge in [-0.15, -0.1) is 0 Å². The summed E-state index contributed by atoms with van der Waals surface area (Å²) in [6, 6.07) is 4.68. The van der Waals surface area contributed by atoms with Gasteiger partial charge in [0.15, 0.2) is 0 Å². The average Bonchev–Trinajstić information content (AvgIpc) is 2.42. The van der Waals surface area contributed by atoms with Crippen molar-refractivity contribution in [3.63, 3.8) is 0 Å². The zero-order valence-electron chi connectivity index (χ0n) is 12.2. The van der Waals surface area contributed by atoms with E-state index in [1.54, 1.807) is 0 Å². The SMILES string of the molecule is Cc1cc(C)c(C(CN)NN2CCOCC2)cc1C. The molecule has 4 heteroatoms. The number of benzene rings is 1. The monoisotopic (exact) mass is 263 g/mol. The van der Waals surface area contributed by atoms with E-state index in [1.165, 1.54) is 22.3 Å². The highest BCUT2D eigenvalue weighted by Crippen LogP contribution is 2.21. The first kappa shape index (κ1) is 14.5. The maximum atomic E-state index is 5.96. The molecule has 0 amide bonds. The summed E-state index contributed by atoms with van der Waals surface area (Å²) >= 11 is 0. The summed E-state index contributed by atoms with van der Waals surface area (Å²) in [6.07, 6.45) is 0. The van der Waals surface area contributed by atoms with Crippen molar-refractivity contribution < 1.29 is 4.74 Å². The molecular weight excluding hydrogens is 238 g/mol. The highest BCUT2D eigenvalue weighted by molar-refractivity contribution is 5.38. The number of rotatable bonds is 4. The Balaban J connectivity index is 2.14. The van der Waals surface area contributed by atoms with Crippen molar-refractivity contribution in [2.24, 2.45) is 5.73 Å². The molecule has 106 valence electrons. The molecule has 1 unspecified atom stereocenters. The van der Waals surface area contributed by atoms with E-state index in [1.807, 2.05) is 0 Å². The number of nitrogens with one attached hydrogen (secondary N) is 1. The van der Waals surface area contributed by atoms with Gasteiger partial charge >= 0.3 is 0 Å². The molecule has 1 atom stereocenters. The molecule has 1 aromatic rings. The van der Waals surface area contributed by atoms with Gasteiger partial charge in [-0.2, -0.15) is 0 Å². The summed E-state index contributed by atoms with van der Waals surface area (Å²) in [5.74, 6) is 0. The summed E-state index contributed by atoms with van der Waals surface area (Å²) in [5.41, 5.74) is 14.8. The second kappa shape index (κ2) is 6.48. The molecule has 0 aliphatic carbocycles. The zero-order valence-corrected chi connectivity index (χ0v) is 12.2. The Hall–Kier alpha value is -0.940. The summed E-state index contributed by atoms with van der Waals surface area (Å²) in [7, 11) is 0. The third kappa shape index (κ3) is 3.54. The van der Waals surface area contributed by atoms with Crippen molar-refractivity contribution in [2.75, 3.05) is 32.8 Å². The zero-order chi connectivity index (χ0) is 13.8. The van der Waals surface area contributed by atoms with E-state index in [2.05, 4.69) is 43.3 Å². The minimum atomic E-state index is 0.178. The molecule has 4 nitrogen and oxygen atoms in total. The third-order valence-electron chi connectivity index (χ3n) is 3.84. The molecule has 1 heterocycles. The largest absolute Gasteiger partial charge is 0.379 e. The fourth-order valence-corrected chi connectivity index (χ4v) is 2.52. The van der Waals surface area contributed by atoms with E-state index in [0.29, 0.717) is 6.54 Å². The van der Waals surface area contributed by atoms with Gasteiger partial charge in [-0.3, -0.25) is 0 Å². The predicted octanol–water partition coefficient (Wildman–Crippen LogP) is 1.45. The Labute approximate surface area is 115 Å². The molecule has 19 heavy (non-hydrogen) atoms. The highest BCUT2D eigenvalue weighted by Gasteiger charge is 2.18. The van der Waals surface area contributed by atoms with Crippen LogP contribution in [0.5, 0.6) is 0 Å². The fraction of sp³-hybridized carbons (Fsp3) is 0.600. The summed E-state index contributed by atoms with van der Waals surface area (Å²) in [5, 5.41) is 2.22. The van der Waals surface area contributed by atoms with Gasteiger partial charge in [-0.25, -0.2) is 10.4 Å². The van der Waals surface area contributed by atoms with Crippen molar-refractivity contribution in [1.29, 1.82) is 0 Å². The van der Waals surface area contributed by atoms with E-state index < -0.39 is 0 Å². The van der Waals surface area contributed by atoms with Crippen LogP contribution >= 0.6 is 0 Å². The third-order valence-corrected chi connectivity index (χ3v) is 3.84. The number of hydrogen-bond donors (Lipinski definition) is 2. The maximum absolute atomic E-state index is 5.96. The number of morpholine rings is 1. The molecule has 0 bridgehead atoms. The van der Waals surface area contributed by atoms with Crippen LogP contribution in [0.25, 0.3) is 0 Å². The van der Waals surface area contributed by atoms with Gasteiger partial charge < -0.3 is 10.5 Å². The van der Waals surface area contributed by atoms with Crippen LogP contribution in [0, 0.1) is 20.8 Å². The Morgan fingerprint density at radius 1 is 1.16 bits per heavy atom. The Morgan fingerprint density at radius 3 is 2.42 bits per heavy atom. The average molecular weight is 263 g/mol. The van der Waals surface area contributed by atoms with Crippen LogP contribution in [0.15, 0.2) is 12.1 Å².